The Labute approximate surface area is 151 Å². The smallest absolute Gasteiger partial charge is 0.336 e. The molecule has 0 unspecified atom stereocenters. The van der Waals surface area contributed by atoms with Crippen LogP contribution in [0.1, 0.15) is 18.6 Å². The lowest BCUT2D eigenvalue weighted by Gasteiger charge is -2.15. The SMILES string of the molecule is C[C@@H](Oc1ccc2c(-c3ccccc3)cc(=O)oc2c1)c1ccccc1. The Morgan fingerprint density at radius 3 is 2.27 bits per heavy atom. The molecule has 0 saturated carbocycles. The van der Waals surface area contributed by atoms with E-state index in [0.29, 0.717) is 11.3 Å². The fourth-order valence-corrected chi connectivity index (χ4v) is 3.07. The molecule has 3 nitrogen and oxygen atoms in total. The van der Waals surface area contributed by atoms with Gasteiger partial charge in [-0.05, 0) is 35.7 Å². The van der Waals surface area contributed by atoms with Crippen LogP contribution in [0.3, 0.4) is 0 Å². The van der Waals surface area contributed by atoms with Crippen molar-refractivity contribution in [2.24, 2.45) is 0 Å². The molecule has 0 fully saturated rings. The Bertz CT molecular complexity index is 1080. The van der Waals surface area contributed by atoms with Crippen LogP contribution >= 0.6 is 0 Å². The minimum Gasteiger partial charge on any atom is -0.486 e. The van der Waals surface area contributed by atoms with E-state index >= 15 is 0 Å². The van der Waals surface area contributed by atoms with E-state index < -0.39 is 0 Å². The van der Waals surface area contributed by atoms with Gasteiger partial charge in [0.15, 0.2) is 0 Å². The highest BCUT2D eigenvalue weighted by Crippen LogP contribution is 2.31. The Balaban J connectivity index is 1.73. The Morgan fingerprint density at radius 2 is 1.54 bits per heavy atom. The minimum absolute atomic E-state index is 0.0994. The zero-order valence-corrected chi connectivity index (χ0v) is 14.4. The summed E-state index contributed by atoms with van der Waals surface area (Å²) in [5.74, 6) is 0.669. The normalized spacial score (nSPS) is 12.0. The van der Waals surface area contributed by atoms with E-state index in [-0.39, 0.29) is 11.7 Å². The fraction of sp³-hybridized carbons (Fsp3) is 0.0870. The van der Waals surface area contributed by atoms with Crippen LogP contribution in [-0.4, -0.2) is 0 Å². The van der Waals surface area contributed by atoms with Crippen molar-refractivity contribution in [3.63, 3.8) is 0 Å². The van der Waals surface area contributed by atoms with Gasteiger partial charge in [0.1, 0.15) is 17.4 Å². The molecule has 0 aliphatic heterocycles. The molecule has 3 heteroatoms. The minimum atomic E-state index is -0.371. The first-order chi connectivity index (χ1) is 12.7. The van der Waals surface area contributed by atoms with E-state index in [4.69, 9.17) is 9.15 Å². The largest absolute Gasteiger partial charge is 0.486 e. The molecule has 1 heterocycles. The third kappa shape index (κ3) is 3.24. The summed E-state index contributed by atoms with van der Waals surface area (Å²) < 4.78 is 11.4. The summed E-state index contributed by atoms with van der Waals surface area (Å²) in [6.45, 7) is 2.00. The average Bonchev–Trinajstić information content (AvgIpc) is 2.68. The van der Waals surface area contributed by atoms with Gasteiger partial charge in [0.05, 0.1) is 0 Å². The number of fused-ring (bicyclic) bond motifs is 1. The predicted octanol–water partition coefficient (Wildman–Crippen LogP) is 5.60. The molecule has 0 aliphatic carbocycles. The first-order valence-corrected chi connectivity index (χ1v) is 8.55. The summed E-state index contributed by atoms with van der Waals surface area (Å²) in [6.07, 6.45) is -0.0994. The quantitative estimate of drug-likeness (QED) is 0.453. The molecule has 0 spiro atoms. The van der Waals surface area contributed by atoms with Crippen LogP contribution in [0.4, 0.5) is 0 Å². The monoisotopic (exact) mass is 342 g/mol. The second kappa shape index (κ2) is 6.89. The van der Waals surface area contributed by atoms with Crippen molar-refractivity contribution < 1.29 is 9.15 Å². The molecule has 0 amide bonds. The van der Waals surface area contributed by atoms with Crippen molar-refractivity contribution >= 4 is 11.0 Å². The second-order valence-electron chi connectivity index (χ2n) is 6.17. The van der Waals surface area contributed by atoms with Crippen molar-refractivity contribution in [2.45, 2.75) is 13.0 Å². The predicted molar refractivity (Wildman–Crippen MR) is 103 cm³/mol. The number of hydrogen-bond donors (Lipinski definition) is 0. The molecule has 0 bridgehead atoms. The maximum atomic E-state index is 12.0. The van der Waals surface area contributed by atoms with Gasteiger partial charge in [-0.1, -0.05) is 60.7 Å². The number of hydrogen-bond acceptors (Lipinski definition) is 3. The van der Waals surface area contributed by atoms with Crippen molar-refractivity contribution in [2.75, 3.05) is 0 Å². The lowest BCUT2D eigenvalue weighted by atomic mass is 10.0. The molecule has 4 aromatic rings. The molecule has 0 radical (unpaired) electrons. The highest BCUT2D eigenvalue weighted by molar-refractivity contribution is 5.93. The van der Waals surface area contributed by atoms with Crippen LogP contribution in [0.25, 0.3) is 22.1 Å². The highest BCUT2D eigenvalue weighted by atomic mass is 16.5. The van der Waals surface area contributed by atoms with Crippen LogP contribution < -0.4 is 10.4 Å². The van der Waals surface area contributed by atoms with Gasteiger partial charge in [0, 0.05) is 17.5 Å². The molecule has 128 valence electrons. The van der Waals surface area contributed by atoms with Crippen LogP contribution in [0.2, 0.25) is 0 Å². The summed E-state index contributed by atoms with van der Waals surface area (Å²) in [5, 5.41) is 0.885. The van der Waals surface area contributed by atoms with Crippen molar-refractivity contribution in [1.29, 1.82) is 0 Å². The summed E-state index contributed by atoms with van der Waals surface area (Å²) in [7, 11) is 0. The van der Waals surface area contributed by atoms with Gasteiger partial charge in [0.2, 0.25) is 0 Å². The standard InChI is InChI=1S/C23H18O3/c1-16(17-8-4-2-5-9-17)25-19-12-13-20-21(18-10-6-3-7-11-18)15-23(24)26-22(20)14-19/h2-16H,1H3/t16-/m1/s1. The molecule has 4 rings (SSSR count). The van der Waals surface area contributed by atoms with Crippen LogP contribution in [-0.2, 0) is 0 Å². The van der Waals surface area contributed by atoms with E-state index in [1.54, 1.807) is 6.07 Å². The summed E-state index contributed by atoms with van der Waals surface area (Å²) in [5.41, 5.74) is 3.09. The zero-order chi connectivity index (χ0) is 17.9. The van der Waals surface area contributed by atoms with Gasteiger partial charge < -0.3 is 9.15 Å². The second-order valence-corrected chi connectivity index (χ2v) is 6.17. The molecule has 0 aliphatic rings. The third-order valence-electron chi connectivity index (χ3n) is 4.38. The number of rotatable bonds is 4. The molecule has 1 atom stereocenters. The Hall–Kier alpha value is -3.33. The highest BCUT2D eigenvalue weighted by Gasteiger charge is 2.11. The van der Waals surface area contributed by atoms with E-state index in [9.17, 15) is 4.79 Å². The molecular weight excluding hydrogens is 324 g/mol. The van der Waals surface area contributed by atoms with Gasteiger partial charge in [-0.2, -0.15) is 0 Å². The van der Waals surface area contributed by atoms with Gasteiger partial charge in [-0.15, -0.1) is 0 Å². The summed E-state index contributed by atoms with van der Waals surface area (Å²) in [6, 6.07) is 27.0. The maximum absolute atomic E-state index is 12.0. The number of ether oxygens (including phenoxy) is 1. The first-order valence-electron chi connectivity index (χ1n) is 8.55. The molecule has 26 heavy (non-hydrogen) atoms. The van der Waals surface area contributed by atoms with Crippen LogP contribution in [0, 0.1) is 0 Å². The van der Waals surface area contributed by atoms with E-state index in [2.05, 4.69) is 0 Å². The maximum Gasteiger partial charge on any atom is 0.336 e. The summed E-state index contributed by atoms with van der Waals surface area (Å²) >= 11 is 0. The lowest BCUT2D eigenvalue weighted by Crippen LogP contribution is -2.03. The van der Waals surface area contributed by atoms with E-state index in [1.807, 2.05) is 79.7 Å². The number of benzene rings is 3. The summed E-state index contributed by atoms with van der Waals surface area (Å²) in [4.78, 5) is 12.0. The van der Waals surface area contributed by atoms with Gasteiger partial charge in [0.25, 0.3) is 0 Å². The zero-order valence-electron chi connectivity index (χ0n) is 14.4. The van der Waals surface area contributed by atoms with Crippen LogP contribution in [0.15, 0.2) is 94.1 Å². The molecule has 1 aromatic heterocycles. The molecule has 0 N–H and O–H groups in total. The molecule has 3 aromatic carbocycles. The topological polar surface area (TPSA) is 39.4 Å². The van der Waals surface area contributed by atoms with E-state index in [0.717, 1.165) is 22.1 Å². The Morgan fingerprint density at radius 1 is 0.846 bits per heavy atom. The van der Waals surface area contributed by atoms with Gasteiger partial charge in [-0.3, -0.25) is 0 Å². The average molecular weight is 342 g/mol. The first kappa shape index (κ1) is 16.2. The molecule has 0 saturated heterocycles. The van der Waals surface area contributed by atoms with Crippen LogP contribution in [0.5, 0.6) is 5.75 Å². The van der Waals surface area contributed by atoms with Gasteiger partial charge >= 0.3 is 5.63 Å². The fourth-order valence-electron chi connectivity index (χ4n) is 3.07. The van der Waals surface area contributed by atoms with E-state index in [1.165, 1.54) is 6.07 Å². The van der Waals surface area contributed by atoms with Gasteiger partial charge in [-0.25, -0.2) is 4.79 Å². The van der Waals surface area contributed by atoms with Crippen molar-refractivity contribution in [1.82, 2.24) is 0 Å². The van der Waals surface area contributed by atoms with Crippen molar-refractivity contribution in [3.8, 4) is 16.9 Å². The molecular formula is C23H18O3. The Kier molecular flexibility index (Phi) is 4.28. The lowest BCUT2D eigenvalue weighted by molar-refractivity contribution is 0.227. The third-order valence-corrected chi connectivity index (χ3v) is 4.38. The van der Waals surface area contributed by atoms with Crippen molar-refractivity contribution in [3.05, 3.63) is 101 Å².